The zero-order valence-corrected chi connectivity index (χ0v) is 11.8. The molecule has 1 aromatic rings. The van der Waals surface area contributed by atoms with Crippen LogP contribution in [-0.2, 0) is 11.2 Å². The van der Waals surface area contributed by atoms with Crippen molar-refractivity contribution in [3.63, 3.8) is 0 Å². The number of aliphatic hydroxyl groups is 1. The van der Waals surface area contributed by atoms with Crippen molar-refractivity contribution in [3.05, 3.63) is 17.0 Å². The first kappa shape index (κ1) is 15.0. The van der Waals surface area contributed by atoms with Crippen LogP contribution in [0.1, 0.15) is 23.4 Å². The van der Waals surface area contributed by atoms with Gasteiger partial charge in [-0.05, 0) is 32.3 Å². The minimum atomic E-state index is -0.480. The zero-order valence-electron chi connectivity index (χ0n) is 11.0. The smallest absolute Gasteiger partial charge is 0.224 e. The van der Waals surface area contributed by atoms with Crippen molar-refractivity contribution in [3.8, 4) is 0 Å². The topological polar surface area (TPSA) is 75.4 Å². The van der Waals surface area contributed by atoms with E-state index in [0.717, 1.165) is 17.0 Å². The number of nitrogens with zero attached hydrogens (tertiary/aromatic N) is 1. The summed E-state index contributed by atoms with van der Waals surface area (Å²) < 4.78 is 4.99. The molecular weight excluding hydrogens is 252 g/mol. The van der Waals surface area contributed by atoms with Crippen molar-refractivity contribution in [2.75, 3.05) is 18.6 Å². The summed E-state index contributed by atoms with van der Waals surface area (Å²) in [4.78, 5) is 11.7. The molecule has 1 amide bonds. The van der Waals surface area contributed by atoms with Crippen LogP contribution in [-0.4, -0.2) is 40.8 Å². The van der Waals surface area contributed by atoms with Gasteiger partial charge < -0.3 is 14.9 Å². The van der Waals surface area contributed by atoms with Crippen molar-refractivity contribution >= 4 is 17.7 Å². The molecule has 0 spiro atoms. The number of aryl methyl sites for hydroxylation is 2. The molecule has 1 aromatic heterocycles. The van der Waals surface area contributed by atoms with Crippen LogP contribution in [0.25, 0.3) is 0 Å². The molecule has 5 nitrogen and oxygen atoms in total. The highest BCUT2D eigenvalue weighted by Crippen LogP contribution is 2.12. The molecule has 0 saturated heterocycles. The Morgan fingerprint density at radius 1 is 1.56 bits per heavy atom. The lowest BCUT2D eigenvalue weighted by Gasteiger charge is -2.11. The van der Waals surface area contributed by atoms with Crippen molar-refractivity contribution in [2.45, 2.75) is 32.8 Å². The third-order valence-electron chi connectivity index (χ3n) is 2.71. The molecule has 1 heterocycles. The van der Waals surface area contributed by atoms with Gasteiger partial charge in [-0.25, -0.2) is 0 Å². The predicted molar refractivity (Wildman–Crippen MR) is 71.7 cm³/mol. The maximum atomic E-state index is 11.7. The monoisotopic (exact) mass is 272 g/mol. The molecule has 1 rings (SSSR count). The minimum Gasteiger partial charge on any atom is -0.391 e. The number of nitrogens with one attached hydrogen (secondary N) is 1. The van der Waals surface area contributed by atoms with Gasteiger partial charge in [0.15, 0.2) is 0 Å². The Balaban J connectivity index is 2.34. The third-order valence-corrected chi connectivity index (χ3v) is 3.35. The fourth-order valence-electron chi connectivity index (χ4n) is 1.56. The van der Waals surface area contributed by atoms with Crippen LogP contribution in [0.2, 0.25) is 0 Å². The highest BCUT2D eigenvalue weighted by Gasteiger charge is 2.14. The van der Waals surface area contributed by atoms with Crippen molar-refractivity contribution in [2.24, 2.45) is 0 Å². The molecule has 0 aliphatic rings. The van der Waals surface area contributed by atoms with E-state index in [4.69, 9.17) is 4.52 Å². The van der Waals surface area contributed by atoms with Crippen LogP contribution >= 0.6 is 11.8 Å². The van der Waals surface area contributed by atoms with Gasteiger partial charge in [0.1, 0.15) is 5.76 Å². The van der Waals surface area contributed by atoms with Gasteiger partial charge in [0.05, 0.1) is 18.2 Å². The van der Waals surface area contributed by atoms with Crippen LogP contribution in [0.3, 0.4) is 0 Å². The van der Waals surface area contributed by atoms with Gasteiger partial charge in [-0.15, -0.1) is 0 Å². The van der Waals surface area contributed by atoms with Crippen LogP contribution < -0.4 is 5.32 Å². The second kappa shape index (κ2) is 7.43. The first-order chi connectivity index (χ1) is 8.54. The Labute approximate surface area is 111 Å². The minimum absolute atomic E-state index is 0.118. The highest BCUT2D eigenvalue weighted by molar-refractivity contribution is 7.98. The van der Waals surface area contributed by atoms with Crippen molar-refractivity contribution < 1.29 is 14.4 Å². The van der Waals surface area contributed by atoms with Crippen LogP contribution in [0.15, 0.2) is 4.52 Å². The fraction of sp³-hybridized carbons (Fsp3) is 0.667. The third kappa shape index (κ3) is 4.70. The van der Waals surface area contributed by atoms with E-state index >= 15 is 0 Å². The first-order valence-corrected chi connectivity index (χ1v) is 7.29. The standard InChI is InChI=1S/C12H20N2O3S/c1-8-11(9(2)17-14-8)6-12(16)13-7-10(15)4-5-18-3/h10,15H,4-7H2,1-3H3,(H,13,16). The molecule has 0 aliphatic heterocycles. The van der Waals surface area contributed by atoms with Crippen molar-refractivity contribution in [1.82, 2.24) is 10.5 Å². The molecule has 0 aliphatic carbocycles. The van der Waals surface area contributed by atoms with Gasteiger partial charge in [0.2, 0.25) is 5.91 Å². The zero-order chi connectivity index (χ0) is 13.5. The van der Waals surface area contributed by atoms with Gasteiger partial charge in [0, 0.05) is 12.1 Å². The lowest BCUT2D eigenvalue weighted by atomic mass is 10.1. The van der Waals surface area contributed by atoms with Gasteiger partial charge in [-0.2, -0.15) is 11.8 Å². The van der Waals surface area contributed by atoms with Crippen LogP contribution in [0.5, 0.6) is 0 Å². The van der Waals surface area contributed by atoms with Gasteiger partial charge in [-0.1, -0.05) is 5.16 Å². The van der Waals surface area contributed by atoms with Gasteiger partial charge in [-0.3, -0.25) is 4.79 Å². The summed E-state index contributed by atoms with van der Waals surface area (Å²) in [5.41, 5.74) is 1.57. The van der Waals surface area contributed by atoms with E-state index in [-0.39, 0.29) is 12.3 Å². The van der Waals surface area contributed by atoms with Crippen LogP contribution in [0.4, 0.5) is 0 Å². The lowest BCUT2D eigenvalue weighted by Crippen LogP contribution is -2.33. The fourth-order valence-corrected chi connectivity index (χ4v) is 2.07. The maximum absolute atomic E-state index is 11.7. The van der Waals surface area contributed by atoms with Crippen LogP contribution in [0, 0.1) is 13.8 Å². The molecule has 0 fully saturated rings. The number of carbonyl (C=O) groups excluding carboxylic acids is 1. The summed E-state index contributed by atoms with van der Waals surface area (Å²) in [7, 11) is 0. The van der Waals surface area contributed by atoms with E-state index < -0.39 is 6.10 Å². The average Bonchev–Trinajstić information content (AvgIpc) is 2.65. The molecule has 18 heavy (non-hydrogen) atoms. The second-order valence-corrected chi connectivity index (χ2v) is 5.20. The summed E-state index contributed by atoms with van der Waals surface area (Å²) in [5, 5.41) is 16.1. The quantitative estimate of drug-likeness (QED) is 0.776. The highest BCUT2D eigenvalue weighted by atomic mass is 32.2. The summed E-state index contributed by atoms with van der Waals surface area (Å²) in [6.07, 6.45) is 2.44. The van der Waals surface area contributed by atoms with E-state index in [9.17, 15) is 9.90 Å². The normalized spacial score (nSPS) is 12.4. The molecule has 1 unspecified atom stereocenters. The van der Waals surface area contributed by atoms with Gasteiger partial charge >= 0.3 is 0 Å². The maximum Gasteiger partial charge on any atom is 0.224 e. The Kier molecular flexibility index (Phi) is 6.21. The van der Waals surface area contributed by atoms with E-state index in [1.807, 2.05) is 13.2 Å². The largest absolute Gasteiger partial charge is 0.391 e. The summed E-state index contributed by atoms with van der Waals surface area (Å²) >= 11 is 1.68. The number of amides is 1. The van der Waals surface area contributed by atoms with E-state index in [2.05, 4.69) is 10.5 Å². The molecule has 2 N–H and O–H groups in total. The summed E-state index contributed by atoms with van der Waals surface area (Å²) in [6.45, 7) is 3.89. The van der Waals surface area contributed by atoms with E-state index in [1.165, 1.54) is 0 Å². The Bertz CT molecular complexity index is 373. The number of hydrogen-bond donors (Lipinski definition) is 2. The number of aromatic nitrogens is 1. The molecule has 0 radical (unpaired) electrons. The molecular formula is C12H20N2O3S. The summed E-state index contributed by atoms with van der Waals surface area (Å²) in [6, 6.07) is 0. The summed E-state index contributed by atoms with van der Waals surface area (Å²) in [5.74, 6) is 1.44. The molecule has 1 atom stereocenters. The van der Waals surface area contributed by atoms with Crippen molar-refractivity contribution in [1.29, 1.82) is 0 Å². The molecule has 0 saturated carbocycles. The molecule has 6 heteroatoms. The van der Waals surface area contributed by atoms with E-state index in [1.54, 1.807) is 18.7 Å². The second-order valence-electron chi connectivity index (χ2n) is 4.22. The molecule has 0 aromatic carbocycles. The van der Waals surface area contributed by atoms with E-state index in [0.29, 0.717) is 18.7 Å². The SMILES string of the molecule is CSCCC(O)CNC(=O)Cc1c(C)noc1C. The molecule has 102 valence electrons. The Morgan fingerprint density at radius 2 is 2.28 bits per heavy atom. The van der Waals surface area contributed by atoms with Gasteiger partial charge in [0.25, 0.3) is 0 Å². The number of carbonyl (C=O) groups is 1. The first-order valence-electron chi connectivity index (χ1n) is 5.90. The number of hydrogen-bond acceptors (Lipinski definition) is 5. The number of aliphatic hydroxyl groups excluding tert-OH is 1. The number of rotatable bonds is 7. The lowest BCUT2D eigenvalue weighted by molar-refractivity contribution is -0.120. The Hall–Kier alpha value is -1.01. The number of thioether (sulfide) groups is 1. The Morgan fingerprint density at radius 3 is 2.83 bits per heavy atom. The predicted octanol–water partition coefficient (Wildman–Crippen LogP) is 1.06. The average molecular weight is 272 g/mol. The molecule has 0 bridgehead atoms.